The van der Waals surface area contributed by atoms with Crippen molar-refractivity contribution in [1.82, 2.24) is 25.3 Å². The smallest absolute Gasteiger partial charge is 0.274 e. The van der Waals surface area contributed by atoms with Crippen molar-refractivity contribution in [3.8, 4) is 0 Å². The Hall–Kier alpha value is -2.44. The molecule has 1 aliphatic carbocycles. The molecule has 0 spiro atoms. The molecule has 1 aliphatic heterocycles. The van der Waals surface area contributed by atoms with Gasteiger partial charge in [-0.2, -0.15) is 10.2 Å². The number of carbonyl (C=O) groups excluding carboxylic acids is 1. The normalized spacial score (nSPS) is 17.9. The first-order valence-corrected chi connectivity index (χ1v) is 9.24. The summed E-state index contributed by atoms with van der Waals surface area (Å²) in [6.45, 7) is 7.92. The highest BCUT2D eigenvalue weighted by molar-refractivity contribution is 5.92. The number of H-pyrrole nitrogens is 1. The average Bonchev–Trinajstić information content (AvgIpc) is 3.29. The molecule has 0 unspecified atom stereocenters. The molecule has 0 radical (unpaired) electrons. The third-order valence-corrected chi connectivity index (χ3v) is 5.31. The largest absolute Gasteiger partial charge is 0.351 e. The Bertz CT molecular complexity index is 796. The minimum atomic E-state index is -0.0213. The molecule has 7 heteroatoms. The monoisotopic (exact) mass is 354 g/mol. The van der Waals surface area contributed by atoms with Gasteiger partial charge in [-0.3, -0.25) is 9.89 Å². The van der Waals surface area contributed by atoms with Crippen molar-refractivity contribution in [2.45, 2.75) is 51.0 Å². The summed E-state index contributed by atoms with van der Waals surface area (Å²) in [5.74, 6) is 1.42. The Morgan fingerprint density at radius 1 is 1.23 bits per heavy atom. The topological polar surface area (TPSA) is 78.0 Å². The van der Waals surface area contributed by atoms with Gasteiger partial charge in [-0.1, -0.05) is 20.8 Å². The lowest BCUT2D eigenvalue weighted by molar-refractivity contribution is 0.0699. The van der Waals surface area contributed by atoms with Crippen LogP contribution in [0, 0.1) is 0 Å². The van der Waals surface area contributed by atoms with Crippen molar-refractivity contribution in [1.29, 1.82) is 0 Å². The molecule has 1 N–H and O–H groups in total. The Kier molecular flexibility index (Phi) is 3.97. The fourth-order valence-electron chi connectivity index (χ4n) is 3.18. The first-order chi connectivity index (χ1) is 12.3. The lowest BCUT2D eigenvalue weighted by atomic mass is 9.92. The molecular weight excluding hydrogens is 328 g/mol. The maximum Gasteiger partial charge on any atom is 0.274 e. The van der Waals surface area contributed by atoms with Crippen LogP contribution in [0.3, 0.4) is 0 Å². The van der Waals surface area contributed by atoms with Crippen LogP contribution in [-0.4, -0.2) is 57.4 Å². The van der Waals surface area contributed by atoms with E-state index in [0.29, 0.717) is 11.6 Å². The van der Waals surface area contributed by atoms with Crippen molar-refractivity contribution >= 4 is 11.7 Å². The summed E-state index contributed by atoms with van der Waals surface area (Å²) in [5.41, 5.74) is 2.59. The highest BCUT2D eigenvalue weighted by atomic mass is 16.2. The highest BCUT2D eigenvalue weighted by Gasteiger charge is 2.35. The van der Waals surface area contributed by atoms with Gasteiger partial charge in [0.2, 0.25) is 0 Å². The number of likely N-dealkylation sites (N-methyl/N-ethyl adjacent to an activating group) is 1. The van der Waals surface area contributed by atoms with E-state index in [9.17, 15) is 4.79 Å². The molecule has 3 heterocycles. The van der Waals surface area contributed by atoms with E-state index in [0.717, 1.165) is 30.3 Å². The standard InChI is InChI=1S/C19H26N6O/c1-19(2,3)16-7-8-17(23-22-16)25-10-13(11-25)24(4)18(26)15-9-14(20-21-15)12-5-6-12/h7-9,12-13H,5-6,10-11H2,1-4H3,(H,20,21). The van der Waals surface area contributed by atoms with Crippen molar-refractivity contribution in [3.63, 3.8) is 0 Å². The van der Waals surface area contributed by atoms with Gasteiger partial charge in [-0.15, -0.1) is 5.10 Å². The number of carbonyl (C=O) groups is 1. The number of nitrogens with zero attached hydrogens (tertiary/aromatic N) is 5. The number of aromatic nitrogens is 4. The van der Waals surface area contributed by atoms with Gasteiger partial charge in [0.15, 0.2) is 5.82 Å². The molecule has 0 bridgehead atoms. The van der Waals surface area contributed by atoms with E-state index in [-0.39, 0.29) is 17.4 Å². The summed E-state index contributed by atoms with van der Waals surface area (Å²) < 4.78 is 0. The van der Waals surface area contributed by atoms with Crippen molar-refractivity contribution in [2.24, 2.45) is 0 Å². The van der Waals surface area contributed by atoms with Crippen LogP contribution in [0.5, 0.6) is 0 Å². The van der Waals surface area contributed by atoms with Gasteiger partial charge in [0.25, 0.3) is 5.91 Å². The second-order valence-electron chi connectivity index (χ2n) is 8.48. The second-order valence-corrected chi connectivity index (χ2v) is 8.48. The van der Waals surface area contributed by atoms with E-state index in [4.69, 9.17) is 0 Å². The Labute approximate surface area is 153 Å². The van der Waals surface area contributed by atoms with Crippen molar-refractivity contribution < 1.29 is 4.79 Å². The molecular formula is C19H26N6O. The van der Waals surface area contributed by atoms with Crippen LogP contribution in [0.1, 0.15) is 61.4 Å². The number of hydrogen-bond donors (Lipinski definition) is 1. The molecule has 0 atom stereocenters. The van der Waals surface area contributed by atoms with Crippen LogP contribution in [0.15, 0.2) is 18.2 Å². The van der Waals surface area contributed by atoms with Crippen LogP contribution in [-0.2, 0) is 5.41 Å². The molecule has 2 aromatic rings. The third-order valence-electron chi connectivity index (χ3n) is 5.31. The number of anilines is 1. The Morgan fingerprint density at radius 2 is 1.96 bits per heavy atom. The minimum Gasteiger partial charge on any atom is -0.351 e. The molecule has 26 heavy (non-hydrogen) atoms. The predicted octanol–water partition coefficient (Wildman–Crippen LogP) is 2.34. The number of aromatic amines is 1. The summed E-state index contributed by atoms with van der Waals surface area (Å²) >= 11 is 0. The van der Waals surface area contributed by atoms with E-state index >= 15 is 0 Å². The highest BCUT2D eigenvalue weighted by Crippen LogP contribution is 2.39. The van der Waals surface area contributed by atoms with Crippen molar-refractivity contribution in [3.05, 3.63) is 35.3 Å². The Morgan fingerprint density at radius 3 is 2.54 bits per heavy atom. The van der Waals surface area contributed by atoms with E-state index in [1.807, 2.05) is 25.2 Å². The van der Waals surface area contributed by atoms with Crippen LogP contribution in [0.25, 0.3) is 0 Å². The lowest BCUT2D eigenvalue weighted by Gasteiger charge is -2.44. The van der Waals surface area contributed by atoms with Crippen LogP contribution in [0.4, 0.5) is 5.82 Å². The Balaban J connectivity index is 1.35. The molecule has 1 saturated heterocycles. The van der Waals surface area contributed by atoms with Gasteiger partial charge < -0.3 is 9.80 Å². The van der Waals surface area contributed by atoms with Gasteiger partial charge in [0, 0.05) is 37.2 Å². The summed E-state index contributed by atoms with van der Waals surface area (Å²) in [5, 5.41) is 15.9. The first kappa shape index (κ1) is 17.0. The quantitative estimate of drug-likeness (QED) is 0.912. The summed E-state index contributed by atoms with van der Waals surface area (Å²) in [7, 11) is 1.85. The number of amides is 1. The fourth-order valence-corrected chi connectivity index (χ4v) is 3.18. The molecule has 7 nitrogen and oxygen atoms in total. The number of nitrogens with one attached hydrogen (secondary N) is 1. The van der Waals surface area contributed by atoms with E-state index in [1.165, 1.54) is 12.8 Å². The molecule has 2 fully saturated rings. The fraction of sp³-hybridized carbons (Fsp3) is 0.579. The maximum absolute atomic E-state index is 12.6. The molecule has 2 aliphatic rings. The van der Waals surface area contributed by atoms with Gasteiger partial charge in [0.05, 0.1) is 11.7 Å². The van der Waals surface area contributed by atoms with Gasteiger partial charge in [-0.05, 0) is 31.0 Å². The predicted molar refractivity (Wildman–Crippen MR) is 99.4 cm³/mol. The second kappa shape index (κ2) is 6.07. The van der Waals surface area contributed by atoms with Gasteiger partial charge >= 0.3 is 0 Å². The molecule has 1 amide bonds. The first-order valence-electron chi connectivity index (χ1n) is 9.24. The van der Waals surface area contributed by atoms with Crippen LogP contribution < -0.4 is 4.90 Å². The average molecular weight is 354 g/mol. The van der Waals surface area contributed by atoms with E-state index in [2.05, 4.69) is 46.1 Å². The molecule has 138 valence electrons. The molecule has 1 saturated carbocycles. The summed E-state index contributed by atoms with van der Waals surface area (Å²) in [6.07, 6.45) is 2.39. The van der Waals surface area contributed by atoms with Gasteiger partial charge in [0.1, 0.15) is 5.69 Å². The zero-order chi connectivity index (χ0) is 18.5. The summed E-state index contributed by atoms with van der Waals surface area (Å²) in [4.78, 5) is 16.6. The van der Waals surface area contributed by atoms with E-state index < -0.39 is 0 Å². The van der Waals surface area contributed by atoms with Crippen LogP contribution >= 0.6 is 0 Å². The SMILES string of the molecule is CN(C(=O)c1cc(C2CC2)[nH]n1)C1CN(c2ccc(C(C)(C)C)nn2)C1. The molecule has 2 aromatic heterocycles. The summed E-state index contributed by atoms with van der Waals surface area (Å²) in [6, 6.07) is 6.13. The zero-order valence-electron chi connectivity index (χ0n) is 15.9. The van der Waals surface area contributed by atoms with Gasteiger partial charge in [-0.25, -0.2) is 0 Å². The maximum atomic E-state index is 12.6. The lowest BCUT2D eigenvalue weighted by Crippen LogP contribution is -2.60. The van der Waals surface area contributed by atoms with Crippen molar-refractivity contribution in [2.75, 3.05) is 25.0 Å². The third kappa shape index (κ3) is 3.18. The minimum absolute atomic E-state index is 0.00146. The number of hydrogen-bond acceptors (Lipinski definition) is 5. The van der Waals surface area contributed by atoms with Crippen LogP contribution in [0.2, 0.25) is 0 Å². The van der Waals surface area contributed by atoms with E-state index in [1.54, 1.807) is 4.90 Å². The number of rotatable bonds is 4. The molecule has 0 aromatic carbocycles. The molecule has 4 rings (SSSR count). The zero-order valence-corrected chi connectivity index (χ0v) is 15.9.